The first-order valence-corrected chi connectivity index (χ1v) is 7.69. The molecule has 2 aromatic rings. The zero-order chi connectivity index (χ0) is 15.1. The molecule has 0 aromatic heterocycles. The lowest BCUT2D eigenvalue weighted by Gasteiger charge is -2.15. The Morgan fingerprint density at radius 1 is 0.762 bits per heavy atom. The summed E-state index contributed by atoms with van der Waals surface area (Å²) in [6.45, 7) is 5.05. The van der Waals surface area contributed by atoms with E-state index in [4.69, 9.17) is 0 Å². The van der Waals surface area contributed by atoms with Crippen LogP contribution in [0.3, 0.4) is 0 Å². The molecule has 0 spiro atoms. The van der Waals surface area contributed by atoms with Crippen LogP contribution < -0.4 is 5.32 Å². The van der Waals surface area contributed by atoms with Gasteiger partial charge in [-0.25, -0.2) is 0 Å². The first-order valence-electron chi connectivity index (χ1n) is 7.69. The summed E-state index contributed by atoms with van der Waals surface area (Å²) in [5, 5.41) is 3.59. The summed E-state index contributed by atoms with van der Waals surface area (Å²) in [7, 11) is 4.23. The van der Waals surface area contributed by atoms with E-state index < -0.39 is 0 Å². The summed E-state index contributed by atoms with van der Waals surface area (Å²) in [6, 6.07) is 17.4. The van der Waals surface area contributed by atoms with Gasteiger partial charge in [0, 0.05) is 19.6 Å². The molecule has 1 N–H and O–H groups in total. The molecule has 0 unspecified atom stereocenters. The van der Waals surface area contributed by atoms with Gasteiger partial charge in [-0.3, -0.25) is 0 Å². The number of benzene rings is 2. The monoisotopic (exact) mass is 282 g/mol. The third-order valence-electron chi connectivity index (χ3n) is 3.74. The topological polar surface area (TPSA) is 15.3 Å². The second kappa shape index (κ2) is 7.96. The van der Waals surface area contributed by atoms with Crippen molar-refractivity contribution in [1.82, 2.24) is 10.2 Å². The van der Waals surface area contributed by atoms with Crippen LogP contribution in [0.25, 0.3) is 0 Å². The SMILES string of the molecule is CCc1ccccc1CNCc1ccccc1CN(C)C. The van der Waals surface area contributed by atoms with Crippen LogP contribution in [0.4, 0.5) is 0 Å². The number of rotatable bonds is 7. The summed E-state index contributed by atoms with van der Waals surface area (Å²) >= 11 is 0. The minimum Gasteiger partial charge on any atom is -0.309 e. The van der Waals surface area contributed by atoms with Gasteiger partial charge >= 0.3 is 0 Å². The summed E-state index contributed by atoms with van der Waals surface area (Å²) in [6.07, 6.45) is 1.09. The Morgan fingerprint density at radius 2 is 1.24 bits per heavy atom. The van der Waals surface area contributed by atoms with Crippen LogP contribution in [-0.4, -0.2) is 19.0 Å². The lowest BCUT2D eigenvalue weighted by molar-refractivity contribution is 0.400. The second-order valence-electron chi connectivity index (χ2n) is 5.73. The number of hydrogen-bond acceptors (Lipinski definition) is 2. The molecule has 2 aromatic carbocycles. The fraction of sp³-hybridized carbons (Fsp3) is 0.368. The van der Waals surface area contributed by atoms with Crippen LogP contribution in [0, 0.1) is 0 Å². The highest BCUT2D eigenvalue weighted by Gasteiger charge is 2.04. The molecule has 2 nitrogen and oxygen atoms in total. The van der Waals surface area contributed by atoms with Crippen molar-refractivity contribution < 1.29 is 0 Å². The second-order valence-corrected chi connectivity index (χ2v) is 5.73. The lowest BCUT2D eigenvalue weighted by Crippen LogP contribution is -2.17. The predicted molar refractivity (Wildman–Crippen MR) is 90.2 cm³/mol. The molecule has 0 atom stereocenters. The Morgan fingerprint density at radius 3 is 1.76 bits per heavy atom. The minimum absolute atomic E-state index is 0.919. The molecule has 0 radical (unpaired) electrons. The van der Waals surface area contributed by atoms with Crippen molar-refractivity contribution in [2.75, 3.05) is 14.1 Å². The molecule has 0 aliphatic carbocycles. The molecule has 2 rings (SSSR count). The highest BCUT2D eigenvalue weighted by Crippen LogP contribution is 2.12. The lowest BCUT2D eigenvalue weighted by atomic mass is 10.0. The van der Waals surface area contributed by atoms with Crippen LogP contribution in [-0.2, 0) is 26.1 Å². The molecule has 21 heavy (non-hydrogen) atoms. The van der Waals surface area contributed by atoms with E-state index in [1.54, 1.807) is 0 Å². The van der Waals surface area contributed by atoms with E-state index in [-0.39, 0.29) is 0 Å². The van der Waals surface area contributed by atoms with E-state index in [0.717, 1.165) is 26.1 Å². The Balaban J connectivity index is 1.97. The van der Waals surface area contributed by atoms with Gasteiger partial charge in [0.1, 0.15) is 0 Å². The maximum absolute atomic E-state index is 3.59. The van der Waals surface area contributed by atoms with Crippen molar-refractivity contribution in [3.05, 3.63) is 70.8 Å². The Kier molecular flexibility index (Phi) is 5.97. The molecular formula is C19H26N2. The van der Waals surface area contributed by atoms with Gasteiger partial charge in [-0.05, 0) is 42.8 Å². The van der Waals surface area contributed by atoms with Gasteiger partial charge in [0.15, 0.2) is 0 Å². The van der Waals surface area contributed by atoms with Gasteiger partial charge in [0.05, 0.1) is 0 Å². The Labute approximate surface area is 128 Å². The first kappa shape index (κ1) is 15.7. The fourth-order valence-corrected chi connectivity index (χ4v) is 2.63. The van der Waals surface area contributed by atoms with Crippen molar-refractivity contribution >= 4 is 0 Å². The van der Waals surface area contributed by atoms with Crippen LogP contribution in [0.15, 0.2) is 48.5 Å². The average Bonchev–Trinajstić information content (AvgIpc) is 2.49. The van der Waals surface area contributed by atoms with Crippen LogP contribution in [0.2, 0.25) is 0 Å². The van der Waals surface area contributed by atoms with Gasteiger partial charge in [-0.1, -0.05) is 55.5 Å². The van der Waals surface area contributed by atoms with Crippen LogP contribution in [0.1, 0.15) is 29.2 Å². The van der Waals surface area contributed by atoms with E-state index >= 15 is 0 Å². The standard InChI is InChI=1S/C19H26N2/c1-4-16-9-5-6-10-17(16)13-20-14-18-11-7-8-12-19(18)15-21(2)3/h5-12,20H,4,13-15H2,1-3H3. The molecule has 0 aliphatic rings. The normalized spacial score (nSPS) is 11.0. The van der Waals surface area contributed by atoms with Crippen molar-refractivity contribution in [3.63, 3.8) is 0 Å². The van der Waals surface area contributed by atoms with E-state index in [0.29, 0.717) is 0 Å². The molecule has 0 aliphatic heterocycles. The molecule has 2 heteroatoms. The number of nitrogens with zero attached hydrogens (tertiary/aromatic N) is 1. The fourth-order valence-electron chi connectivity index (χ4n) is 2.63. The quantitative estimate of drug-likeness (QED) is 0.834. The van der Waals surface area contributed by atoms with Crippen LogP contribution >= 0.6 is 0 Å². The van der Waals surface area contributed by atoms with E-state index in [9.17, 15) is 0 Å². The van der Waals surface area contributed by atoms with E-state index in [1.165, 1.54) is 22.3 Å². The molecule has 0 amide bonds. The van der Waals surface area contributed by atoms with E-state index in [2.05, 4.69) is 79.8 Å². The number of hydrogen-bond donors (Lipinski definition) is 1. The molecule has 0 saturated heterocycles. The van der Waals surface area contributed by atoms with Crippen molar-refractivity contribution in [3.8, 4) is 0 Å². The molecular weight excluding hydrogens is 256 g/mol. The Bertz CT molecular complexity index is 561. The smallest absolute Gasteiger partial charge is 0.0230 e. The maximum Gasteiger partial charge on any atom is 0.0230 e. The summed E-state index contributed by atoms with van der Waals surface area (Å²) in [5.74, 6) is 0. The van der Waals surface area contributed by atoms with Gasteiger partial charge in [0.25, 0.3) is 0 Å². The molecule has 0 bridgehead atoms. The van der Waals surface area contributed by atoms with Crippen molar-refractivity contribution in [1.29, 1.82) is 0 Å². The van der Waals surface area contributed by atoms with Gasteiger partial charge < -0.3 is 10.2 Å². The van der Waals surface area contributed by atoms with Crippen LogP contribution in [0.5, 0.6) is 0 Å². The molecule has 0 fully saturated rings. The van der Waals surface area contributed by atoms with Gasteiger partial charge in [0.2, 0.25) is 0 Å². The number of nitrogens with one attached hydrogen (secondary N) is 1. The molecule has 0 saturated carbocycles. The van der Waals surface area contributed by atoms with Crippen molar-refractivity contribution in [2.24, 2.45) is 0 Å². The summed E-state index contributed by atoms with van der Waals surface area (Å²) < 4.78 is 0. The highest BCUT2D eigenvalue weighted by molar-refractivity contribution is 5.28. The Hall–Kier alpha value is -1.64. The maximum atomic E-state index is 3.59. The van der Waals surface area contributed by atoms with Gasteiger partial charge in [-0.2, -0.15) is 0 Å². The third kappa shape index (κ3) is 4.69. The van der Waals surface area contributed by atoms with Gasteiger partial charge in [-0.15, -0.1) is 0 Å². The summed E-state index contributed by atoms with van der Waals surface area (Å²) in [4.78, 5) is 2.21. The predicted octanol–water partition coefficient (Wildman–Crippen LogP) is 3.60. The highest BCUT2D eigenvalue weighted by atomic mass is 15.0. The number of aryl methyl sites for hydroxylation is 1. The third-order valence-corrected chi connectivity index (χ3v) is 3.74. The largest absolute Gasteiger partial charge is 0.309 e. The molecule has 112 valence electrons. The zero-order valence-electron chi connectivity index (χ0n) is 13.4. The average molecular weight is 282 g/mol. The van der Waals surface area contributed by atoms with Crippen molar-refractivity contribution in [2.45, 2.75) is 33.0 Å². The zero-order valence-corrected chi connectivity index (χ0v) is 13.4. The summed E-state index contributed by atoms with van der Waals surface area (Å²) in [5.41, 5.74) is 5.63. The minimum atomic E-state index is 0.919. The molecule has 0 heterocycles. The first-order chi connectivity index (χ1) is 10.2. The van der Waals surface area contributed by atoms with E-state index in [1.807, 2.05) is 0 Å².